The van der Waals surface area contributed by atoms with E-state index in [0.717, 1.165) is 43.9 Å². The Bertz CT molecular complexity index is 617. The van der Waals surface area contributed by atoms with Crippen molar-refractivity contribution >= 4 is 48.0 Å². The fourth-order valence-electron chi connectivity index (χ4n) is 3.48. The minimum Gasteiger partial charge on any atom is -0.371 e. The van der Waals surface area contributed by atoms with Gasteiger partial charge in [-0.2, -0.15) is 0 Å². The van der Waals surface area contributed by atoms with Crippen LogP contribution in [0.3, 0.4) is 0 Å². The maximum Gasteiger partial charge on any atom is 0.246 e. The highest BCUT2D eigenvalue weighted by atomic mass is 35.5. The van der Waals surface area contributed by atoms with Crippen LogP contribution in [0, 0.1) is 5.92 Å². The van der Waals surface area contributed by atoms with Gasteiger partial charge in [0.2, 0.25) is 11.8 Å². The second kappa shape index (κ2) is 11.4. The number of rotatable bonds is 5. The molecule has 0 spiro atoms. The van der Waals surface area contributed by atoms with Crippen LogP contribution in [0.5, 0.6) is 0 Å². The van der Waals surface area contributed by atoms with Gasteiger partial charge in [-0.05, 0) is 57.4 Å². The van der Waals surface area contributed by atoms with Crippen molar-refractivity contribution in [2.75, 3.05) is 36.4 Å². The minimum absolute atomic E-state index is 0. The standard InChI is InChI=1S/C19H28N4O2.2ClH/c1-14(21-19(25)15-6-5-9-20-13-15)18(24)22-16-7-4-8-17(12-16)23-10-2-3-11-23;;/h4,7-8,12,14-15,20H,2-3,5-6,9-11,13H2,1H3,(H,21,25)(H,22,24);2*1H. The van der Waals surface area contributed by atoms with Gasteiger partial charge in [-0.15, -0.1) is 24.8 Å². The van der Waals surface area contributed by atoms with E-state index in [1.807, 2.05) is 18.2 Å². The first-order valence-corrected chi connectivity index (χ1v) is 9.30. The van der Waals surface area contributed by atoms with Gasteiger partial charge < -0.3 is 20.9 Å². The lowest BCUT2D eigenvalue weighted by Gasteiger charge is -2.24. The molecule has 1 aromatic rings. The highest BCUT2D eigenvalue weighted by Crippen LogP contribution is 2.23. The number of hydrogen-bond acceptors (Lipinski definition) is 4. The predicted octanol–water partition coefficient (Wildman–Crippen LogP) is 2.57. The molecule has 6 nitrogen and oxygen atoms in total. The van der Waals surface area contributed by atoms with E-state index in [9.17, 15) is 9.59 Å². The van der Waals surface area contributed by atoms with Crippen molar-refractivity contribution in [3.05, 3.63) is 24.3 Å². The van der Waals surface area contributed by atoms with Gasteiger partial charge in [0.25, 0.3) is 0 Å². The summed E-state index contributed by atoms with van der Waals surface area (Å²) in [5.74, 6) is -0.265. The summed E-state index contributed by atoms with van der Waals surface area (Å²) >= 11 is 0. The molecule has 2 aliphatic heterocycles. The van der Waals surface area contributed by atoms with Crippen LogP contribution >= 0.6 is 24.8 Å². The average molecular weight is 417 g/mol. The van der Waals surface area contributed by atoms with Gasteiger partial charge in [0, 0.05) is 31.0 Å². The van der Waals surface area contributed by atoms with Gasteiger partial charge in [0.15, 0.2) is 0 Å². The van der Waals surface area contributed by atoms with Crippen LogP contribution < -0.4 is 20.9 Å². The van der Waals surface area contributed by atoms with Crippen molar-refractivity contribution in [3.63, 3.8) is 0 Å². The molecule has 0 bridgehead atoms. The molecule has 0 saturated carbocycles. The van der Waals surface area contributed by atoms with Crippen LogP contribution in [-0.2, 0) is 9.59 Å². The molecule has 3 N–H and O–H groups in total. The molecule has 2 aliphatic rings. The van der Waals surface area contributed by atoms with Crippen molar-refractivity contribution in [2.45, 2.75) is 38.6 Å². The SMILES string of the molecule is CC(NC(=O)C1CCCNC1)C(=O)Nc1cccc(N2CCCC2)c1.Cl.Cl. The van der Waals surface area contributed by atoms with Crippen molar-refractivity contribution < 1.29 is 9.59 Å². The van der Waals surface area contributed by atoms with Crippen LogP contribution in [0.2, 0.25) is 0 Å². The van der Waals surface area contributed by atoms with Crippen molar-refractivity contribution in [2.24, 2.45) is 5.92 Å². The van der Waals surface area contributed by atoms with Crippen LogP contribution in [0.4, 0.5) is 11.4 Å². The molecule has 1 aromatic carbocycles. The van der Waals surface area contributed by atoms with Gasteiger partial charge in [-0.25, -0.2) is 0 Å². The van der Waals surface area contributed by atoms with E-state index >= 15 is 0 Å². The molecule has 2 saturated heterocycles. The minimum atomic E-state index is -0.551. The van der Waals surface area contributed by atoms with Crippen LogP contribution in [-0.4, -0.2) is 44.0 Å². The number of carbonyl (C=O) groups is 2. The van der Waals surface area contributed by atoms with E-state index in [1.165, 1.54) is 12.8 Å². The first-order chi connectivity index (χ1) is 12.1. The molecule has 152 valence electrons. The van der Waals surface area contributed by atoms with Crippen molar-refractivity contribution in [1.82, 2.24) is 10.6 Å². The number of nitrogens with zero attached hydrogens (tertiary/aromatic N) is 1. The third kappa shape index (κ3) is 6.55. The summed E-state index contributed by atoms with van der Waals surface area (Å²) in [4.78, 5) is 27.0. The third-order valence-corrected chi connectivity index (χ3v) is 5.00. The Morgan fingerprint density at radius 3 is 2.59 bits per heavy atom. The maximum absolute atomic E-state index is 12.4. The number of piperidine rings is 1. The topological polar surface area (TPSA) is 73.5 Å². The molecule has 8 heteroatoms. The number of anilines is 2. The van der Waals surface area contributed by atoms with Gasteiger partial charge in [0.1, 0.15) is 6.04 Å². The third-order valence-electron chi connectivity index (χ3n) is 5.00. The van der Waals surface area contributed by atoms with E-state index < -0.39 is 6.04 Å². The quantitative estimate of drug-likeness (QED) is 0.689. The molecule has 0 radical (unpaired) electrons. The van der Waals surface area contributed by atoms with E-state index in [2.05, 4.69) is 26.9 Å². The van der Waals surface area contributed by atoms with E-state index in [1.54, 1.807) is 6.92 Å². The van der Waals surface area contributed by atoms with Crippen molar-refractivity contribution in [1.29, 1.82) is 0 Å². The average Bonchev–Trinajstić information content (AvgIpc) is 3.17. The summed E-state index contributed by atoms with van der Waals surface area (Å²) in [5, 5.41) is 8.98. The zero-order valence-electron chi connectivity index (χ0n) is 15.7. The Hall–Kier alpha value is -1.50. The first kappa shape index (κ1) is 23.5. The molecule has 27 heavy (non-hydrogen) atoms. The molecule has 2 amide bonds. The molecule has 0 aliphatic carbocycles. The first-order valence-electron chi connectivity index (χ1n) is 9.30. The fourth-order valence-corrected chi connectivity index (χ4v) is 3.48. The lowest BCUT2D eigenvalue weighted by Crippen LogP contribution is -2.47. The highest BCUT2D eigenvalue weighted by molar-refractivity contribution is 5.97. The zero-order valence-corrected chi connectivity index (χ0v) is 17.3. The predicted molar refractivity (Wildman–Crippen MR) is 114 cm³/mol. The molecule has 2 fully saturated rings. The Morgan fingerprint density at radius 1 is 1.19 bits per heavy atom. The zero-order chi connectivity index (χ0) is 17.6. The summed E-state index contributed by atoms with van der Waals surface area (Å²) in [6, 6.07) is 7.37. The van der Waals surface area contributed by atoms with Gasteiger partial charge in [-0.1, -0.05) is 6.07 Å². The second-order valence-corrected chi connectivity index (χ2v) is 7.01. The Labute approximate surface area is 173 Å². The Kier molecular flexibility index (Phi) is 9.91. The number of benzene rings is 1. The molecule has 2 heterocycles. The Morgan fingerprint density at radius 2 is 1.93 bits per heavy atom. The summed E-state index contributed by atoms with van der Waals surface area (Å²) in [7, 11) is 0. The smallest absolute Gasteiger partial charge is 0.246 e. The van der Waals surface area contributed by atoms with Crippen molar-refractivity contribution in [3.8, 4) is 0 Å². The van der Waals surface area contributed by atoms with Gasteiger partial charge in [0.05, 0.1) is 5.92 Å². The number of halogens is 2. The van der Waals surface area contributed by atoms with E-state index in [-0.39, 0.29) is 42.5 Å². The second-order valence-electron chi connectivity index (χ2n) is 7.01. The van der Waals surface area contributed by atoms with E-state index in [0.29, 0.717) is 6.54 Å². The van der Waals surface area contributed by atoms with Gasteiger partial charge >= 0.3 is 0 Å². The van der Waals surface area contributed by atoms with Gasteiger partial charge in [-0.3, -0.25) is 9.59 Å². The molecule has 2 atom stereocenters. The summed E-state index contributed by atoms with van der Waals surface area (Å²) in [5.41, 5.74) is 1.91. The summed E-state index contributed by atoms with van der Waals surface area (Å²) < 4.78 is 0. The van der Waals surface area contributed by atoms with Crippen LogP contribution in [0.15, 0.2) is 24.3 Å². The Balaban J connectivity index is 0.00000182. The molecular formula is C19H30Cl2N4O2. The van der Waals surface area contributed by atoms with Crippen LogP contribution in [0.1, 0.15) is 32.6 Å². The number of nitrogens with one attached hydrogen (secondary N) is 3. The van der Waals surface area contributed by atoms with E-state index in [4.69, 9.17) is 0 Å². The fraction of sp³-hybridized carbons (Fsp3) is 0.579. The molecular weight excluding hydrogens is 387 g/mol. The molecule has 0 aromatic heterocycles. The number of hydrogen-bond donors (Lipinski definition) is 3. The lowest BCUT2D eigenvalue weighted by molar-refractivity contribution is -0.129. The number of amides is 2. The number of carbonyl (C=O) groups excluding carboxylic acids is 2. The summed E-state index contributed by atoms with van der Waals surface area (Å²) in [6.45, 7) is 5.53. The monoisotopic (exact) mass is 416 g/mol. The maximum atomic E-state index is 12.4. The molecule has 2 unspecified atom stereocenters. The lowest BCUT2D eigenvalue weighted by atomic mass is 9.98. The summed E-state index contributed by atoms with van der Waals surface area (Å²) in [6.07, 6.45) is 4.32. The molecule has 3 rings (SSSR count). The highest BCUT2D eigenvalue weighted by Gasteiger charge is 2.24. The van der Waals surface area contributed by atoms with Crippen LogP contribution in [0.25, 0.3) is 0 Å². The largest absolute Gasteiger partial charge is 0.371 e. The normalized spacial score (nSPS) is 20.0.